The van der Waals surface area contributed by atoms with Crippen LogP contribution in [0.15, 0.2) is 46.6 Å². The molecule has 2 aromatic rings. The van der Waals surface area contributed by atoms with Crippen LogP contribution in [0.5, 0.6) is 11.5 Å². The minimum absolute atomic E-state index is 0.119. The molecule has 5 nitrogen and oxygen atoms in total. The number of carbonyl (C=O) groups excluding carboxylic acids is 1. The number of ether oxygens (including phenoxy) is 2. The van der Waals surface area contributed by atoms with Crippen molar-refractivity contribution in [1.29, 1.82) is 0 Å². The van der Waals surface area contributed by atoms with Gasteiger partial charge in [-0.25, -0.2) is 0 Å². The summed E-state index contributed by atoms with van der Waals surface area (Å²) in [5.74, 6) is 1.14. The number of benzene rings is 2. The third kappa shape index (κ3) is 5.21. The summed E-state index contributed by atoms with van der Waals surface area (Å²) in [5.41, 5.74) is 3.54. The second-order valence-electron chi connectivity index (χ2n) is 6.97. The van der Waals surface area contributed by atoms with Crippen molar-refractivity contribution in [3.05, 3.63) is 63.3 Å². The molecule has 1 aliphatic rings. The van der Waals surface area contributed by atoms with E-state index < -0.39 is 0 Å². The minimum atomic E-state index is -0.119. The van der Waals surface area contributed by atoms with Gasteiger partial charge in [-0.1, -0.05) is 52.7 Å². The van der Waals surface area contributed by atoms with Crippen LogP contribution in [0.25, 0.3) is 6.08 Å². The summed E-state index contributed by atoms with van der Waals surface area (Å²) in [6, 6.07) is 12.0. The monoisotopic (exact) mass is 488 g/mol. The molecule has 1 amide bonds. The number of carbonyl (C=O) groups is 1. The first-order valence-corrected chi connectivity index (χ1v) is 11.1. The molecule has 1 heterocycles. The van der Waals surface area contributed by atoms with E-state index in [0.29, 0.717) is 42.1 Å². The van der Waals surface area contributed by atoms with E-state index in [2.05, 4.69) is 40.3 Å². The Morgan fingerprint density at radius 1 is 1.13 bits per heavy atom. The molecule has 0 saturated carbocycles. The van der Waals surface area contributed by atoms with Crippen molar-refractivity contribution in [3.63, 3.8) is 0 Å². The molecule has 1 N–H and O–H groups in total. The highest BCUT2D eigenvalue weighted by molar-refractivity contribution is 9.10. The Balaban J connectivity index is 1.85. The lowest BCUT2D eigenvalue weighted by molar-refractivity contribution is -0.122. The zero-order chi connectivity index (χ0) is 21.7. The number of rotatable bonds is 8. The van der Waals surface area contributed by atoms with Crippen LogP contribution in [-0.2, 0) is 11.4 Å². The SMILES string of the molecule is CCCN1C(=O)/C(=C/c2cc(OCC)c(OCc3ccc(C)cc3)cc2Br)NC1=S. The average molecular weight is 489 g/mol. The first-order chi connectivity index (χ1) is 14.4. The fourth-order valence-corrected chi connectivity index (χ4v) is 3.76. The molecular weight excluding hydrogens is 464 g/mol. The zero-order valence-electron chi connectivity index (χ0n) is 17.3. The lowest BCUT2D eigenvalue weighted by Crippen LogP contribution is -2.31. The number of amides is 1. The van der Waals surface area contributed by atoms with E-state index in [1.165, 1.54) is 5.56 Å². The first-order valence-electron chi connectivity index (χ1n) is 9.92. The van der Waals surface area contributed by atoms with Gasteiger partial charge in [0.1, 0.15) is 12.3 Å². The molecule has 3 rings (SSSR count). The van der Waals surface area contributed by atoms with Crippen molar-refractivity contribution in [2.75, 3.05) is 13.2 Å². The topological polar surface area (TPSA) is 50.8 Å². The smallest absolute Gasteiger partial charge is 0.276 e. The fourth-order valence-electron chi connectivity index (χ4n) is 3.04. The molecule has 1 aliphatic heterocycles. The van der Waals surface area contributed by atoms with E-state index in [9.17, 15) is 4.79 Å². The van der Waals surface area contributed by atoms with Gasteiger partial charge in [0, 0.05) is 11.0 Å². The highest BCUT2D eigenvalue weighted by Crippen LogP contribution is 2.35. The minimum Gasteiger partial charge on any atom is -0.490 e. The lowest BCUT2D eigenvalue weighted by atomic mass is 10.1. The standard InChI is InChI=1S/C23H25BrN2O3S/c1-4-10-26-22(27)19(25-23(26)30)11-17-12-20(28-5-2)21(13-18(17)24)29-14-16-8-6-15(3)7-9-16/h6-9,11-13H,4-5,10,14H2,1-3H3,(H,25,30)/b19-11-. The van der Waals surface area contributed by atoms with Gasteiger partial charge in [0.15, 0.2) is 16.6 Å². The number of thiocarbonyl (C=S) groups is 1. The number of aryl methyl sites for hydroxylation is 1. The predicted octanol–water partition coefficient (Wildman–Crippen LogP) is 5.20. The normalized spacial score (nSPS) is 14.9. The molecule has 0 bridgehead atoms. The van der Waals surface area contributed by atoms with Crippen LogP contribution < -0.4 is 14.8 Å². The van der Waals surface area contributed by atoms with Gasteiger partial charge in [0.05, 0.1) is 6.61 Å². The van der Waals surface area contributed by atoms with E-state index in [1.54, 1.807) is 11.0 Å². The third-order valence-electron chi connectivity index (χ3n) is 4.59. The highest BCUT2D eigenvalue weighted by atomic mass is 79.9. The predicted molar refractivity (Wildman–Crippen MR) is 127 cm³/mol. The molecule has 1 fully saturated rings. The van der Waals surface area contributed by atoms with Crippen LogP contribution in [0.1, 0.15) is 37.0 Å². The summed E-state index contributed by atoms with van der Waals surface area (Å²) in [6.07, 6.45) is 2.62. The number of halogens is 1. The largest absolute Gasteiger partial charge is 0.490 e. The Kier molecular flexibility index (Phi) is 7.50. The van der Waals surface area contributed by atoms with Gasteiger partial charge < -0.3 is 14.8 Å². The van der Waals surface area contributed by atoms with E-state index in [-0.39, 0.29) is 5.91 Å². The number of nitrogens with one attached hydrogen (secondary N) is 1. The summed E-state index contributed by atoms with van der Waals surface area (Å²) in [7, 11) is 0. The van der Waals surface area contributed by atoms with Gasteiger partial charge in [-0.2, -0.15) is 0 Å². The van der Waals surface area contributed by atoms with Crippen molar-refractivity contribution in [1.82, 2.24) is 10.2 Å². The third-order valence-corrected chi connectivity index (χ3v) is 5.60. The second-order valence-corrected chi connectivity index (χ2v) is 8.21. The molecule has 0 radical (unpaired) electrons. The summed E-state index contributed by atoms with van der Waals surface area (Å²) >= 11 is 8.87. The second kappa shape index (κ2) is 10.1. The van der Waals surface area contributed by atoms with Crippen LogP contribution in [0, 0.1) is 6.92 Å². The maximum atomic E-state index is 12.6. The van der Waals surface area contributed by atoms with Crippen molar-refractivity contribution < 1.29 is 14.3 Å². The number of nitrogens with zero attached hydrogens (tertiary/aromatic N) is 1. The van der Waals surface area contributed by atoms with Gasteiger partial charge in [-0.05, 0) is 61.8 Å². The zero-order valence-corrected chi connectivity index (χ0v) is 19.7. The van der Waals surface area contributed by atoms with Gasteiger partial charge in [0.25, 0.3) is 5.91 Å². The van der Waals surface area contributed by atoms with Crippen molar-refractivity contribution >= 4 is 45.2 Å². The average Bonchev–Trinajstić information content (AvgIpc) is 2.98. The fraction of sp³-hybridized carbons (Fsp3) is 0.304. The molecule has 30 heavy (non-hydrogen) atoms. The van der Waals surface area contributed by atoms with E-state index in [0.717, 1.165) is 22.0 Å². The maximum absolute atomic E-state index is 12.6. The van der Waals surface area contributed by atoms with E-state index in [1.807, 2.05) is 38.1 Å². The van der Waals surface area contributed by atoms with Gasteiger partial charge in [0.2, 0.25) is 0 Å². The summed E-state index contributed by atoms with van der Waals surface area (Å²) < 4.78 is 12.6. The molecular formula is C23H25BrN2O3S. The molecule has 0 spiro atoms. The Bertz CT molecular complexity index is 973. The number of hydrogen-bond acceptors (Lipinski definition) is 4. The van der Waals surface area contributed by atoms with E-state index in [4.69, 9.17) is 21.7 Å². The Morgan fingerprint density at radius 2 is 1.83 bits per heavy atom. The Morgan fingerprint density at radius 3 is 2.50 bits per heavy atom. The molecule has 158 valence electrons. The van der Waals surface area contributed by atoms with Crippen LogP contribution >= 0.6 is 28.1 Å². The van der Waals surface area contributed by atoms with Crippen LogP contribution in [0.4, 0.5) is 0 Å². The molecule has 1 saturated heterocycles. The molecule has 7 heteroatoms. The Hall–Kier alpha value is -2.38. The summed E-state index contributed by atoms with van der Waals surface area (Å²) in [4.78, 5) is 14.2. The lowest BCUT2D eigenvalue weighted by Gasteiger charge is -2.14. The first kappa shape index (κ1) is 22.3. The van der Waals surface area contributed by atoms with Crippen LogP contribution in [-0.4, -0.2) is 29.1 Å². The van der Waals surface area contributed by atoms with Gasteiger partial charge in [-0.3, -0.25) is 9.69 Å². The van der Waals surface area contributed by atoms with Crippen molar-refractivity contribution in [2.24, 2.45) is 0 Å². The molecule has 0 atom stereocenters. The van der Waals surface area contributed by atoms with Crippen molar-refractivity contribution in [2.45, 2.75) is 33.8 Å². The molecule has 2 aromatic carbocycles. The van der Waals surface area contributed by atoms with Gasteiger partial charge in [-0.15, -0.1) is 0 Å². The summed E-state index contributed by atoms with van der Waals surface area (Å²) in [6.45, 7) is 7.53. The molecule has 0 aromatic heterocycles. The maximum Gasteiger partial charge on any atom is 0.276 e. The quantitative estimate of drug-likeness (QED) is 0.408. The van der Waals surface area contributed by atoms with Crippen molar-refractivity contribution in [3.8, 4) is 11.5 Å². The molecule has 0 aliphatic carbocycles. The van der Waals surface area contributed by atoms with Crippen LogP contribution in [0.3, 0.4) is 0 Å². The molecule has 0 unspecified atom stereocenters. The highest BCUT2D eigenvalue weighted by Gasteiger charge is 2.30. The van der Waals surface area contributed by atoms with Gasteiger partial charge >= 0.3 is 0 Å². The Labute approximate surface area is 191 Å². The van der Waals surface area contributed by atoms with E-state index >= 15 is 0 Å². The summed E-state index contributed by atoms with van der Waals surface area (Å²) in [5, 5.41) is 3.44. The number of hydrogen-bond donors (Lipinski definition) is 1. The van der Waals surface area contributed by atoms with Crippen LogP contribution in [0.2, 0.25) is 0 Å².